The van der Waals surface area contributed by atoms with E-state index in [4.69, 9.17) is 5.73 Å². The van der Waals surface area contributed by atoms with Crippen LogP contribution in [-0.2, 0) is 16.0 Å². The van der Waals surface area contributed by atoms with E-state index in [9.17, 15) is 9.59 Å². The lowest BCUT2D eigenvalue weighted by Gasteiger charge is -2.14. The van der Waals surface area contributed by atoms with Crippen LogP contribution in [0.15, 0.2) is 24.3 Å². The fourth-order valence-electron chi connectivity index (χ4n) is 1.89. The number of carbonyl (C=O) groups excluding carboxylic acids is 2. The second kappa shape index (κ2) is 7.78. The van der Waals surface area contributed by atoms with Crippen molar-refractivity contribution in [3.05, 3.63) is 29.8 Å². The number of nitrogens with one attached hydrogen (secondary N) is 1. The number of nitrogens with two attached hydrogens (primary N) is 1. The highest BCUT2D eigenvalue weighted by atomic mass is 16.2. The van der Waals surface area contributed by atoms with Gasteiger partial charge in [-0.1, -0.05) is 26.0 Å². The van der Waals surface area contributed by atoms with E-state index >= 15 is 0 Å². The number of amides is 2. The molecule has 0 fully saturated rings. The predicted molar refractivity (Wildman–Crippen MR) is 84.9 cm³/mol. The highest BCUT2D eigenvalue weighted by Gasteiger charge is 2.15. The Labute approximate surface area is 126 Å². The van der Waals surface area contributed by atoms with Crippen LogP contribution in [0.1, 0.15) is 25.8 Å². The zero-order valence-corrected chi connectivity index (χ0v) is 13.2. The Bertz CT molecular complexity index is 481. The Balaban J connectivity index is 2.58. The van der Waals surface area contributed by atoms with Gasteiger partial charge < -0.3 is 16.0 Å². The number of hydrogen-bond donors (Lipinski definition) is 2. The molecule has 0 aliphatic carbocycles. The van der Waals surface area contributed by atoms with Crippen LogP contribution in [-0.4, -0.2) is 36.9 Å². The number of likely N-dealkylation sites (N-methyl/N-ethyl adjacent to an activating group) is 1. The monoisotopic (exact) mass is 291 g/mol. The molecule has 0 spiro atoms. The van der Waals surface area contributed by atoms with Gasteiger partial charge in [0.2, 0.25) is 11.8 Å². The molecule has 0 saturated carbocycles. The Kier molecular flexibility index (Phi) is 6.37. The maximum Gasteiger partial charge on any atom is 0.241 e. The fraction of sp³-hybridized carbons (Fsp3) is 0.500. The summed E-state index contributed by atoms with van der Waals surface area (Å²) in [5.41, 5.74) is 7.44. The van der Waals surface area contributed by atoms with Crippen LogP contribution in [0.2, 0.25) is 0 Å². The third kappa shape index (κ3) is 5.95. The number of rotatable bonds is 6. The highest BCUT2D eigenvalue weighted by Crippen LogP contribution is 2.12. The SMILES string of the molecule is CC(C)C[C@@H](N)C(=O)Nc1ccc(CC(=O)N(C)C)cc1. The quantitative estimate of drug-likeness (QED) is 0.836. The molecule has 1 aromatic carbocycles. The van der Waals surface area contributed by atoms with Crippen LogP contribution in [0.25, 0.3) is 0 Å². The normalized spacial score (nSPS) is 12.1. The molecule has 0 saturated heterocycles. The Morgan fingerprint density at radius 3 is 2.24 bits per heavy atom. The van der Waals surface area contributed by atoms with Crippen LogP contribution < -0.4 is 11.1 Å². The number of carbonyl (C=O) groups is 2. The van der Waals surface area contributed by atoms with Crippen molar-refractivity contribution >= 4 is 17.5 Å². The van der Waals surface area contributed by atoms with Gasteiger partial charge in [-0.05, 0) is 30.0 Å². The maximum atomic E-state index is 11.9. The second-order valence-electron chi connectivity index (χ2n) is 5.89. The van der Waals surface area contributed by atoms with Crippen LogP contribution in [0.3, 0.4) is 0 Å². The van der Waals surface area contributed by atoms with Gasteiger partial charge in [-0.2, -0.15) is 0 Å². The van der Waals surface area contributed by atoms with Gasteiger partial charge in [-0.25, -0.2) is 0 Å². The summed E-state index contributed by atoms with van der Waals surface area (Å²) < 4.78 is 0. The van der Waals surface area contributed by atoms with Crippen molar-refractivity contribution in [1.82, 2.24) is 4.90 Å². The minimum Gasteiger partial charge on any atom is -0.349 e. The van der Waals surface area contributed by atoms with E-state index in [0.29, 0.717) is 24.4 Å². The molecule has 21 heavy (non-hydrogen) atoms. The minimum atomic E-state index is -0.500. The molecule has 1 rings (SSSR count). The van der Waals surface area contributed by atoms with Crippen molar-refractivity contribution in [2.75, 3.05) is 19.4 Å². The van der Waals surface area contributed by atoms with E-state index in [1.54, 1.807) is 31.1 Å². The highest BCUT2D eigenvalue weighted by molar-refractivity contribution is 5.94. The summed E-state index contributed by atoms with van der Waals surface area (Å²) in [4.78, 5) is 25.1. The zero-order valence-electron chi connectivity index (χ0n) is 13.2. The van der Waals surface area contributed by atoms with Gasteiger partial charge in [0.1, 0.15) is 0 Å². The number of anilines is 1. The van der Waals surface area contributed by atoms with Crippen molar-refractivity contribution in [1.29, 1.82) is 0 Å². The van der Waals surface area contributed by atoms with E-state index in [1.807, 2.05) is 26.0 Å². The number of hydrogen-bond acceptors (Lipinski definition) is 3. The van der Waals surface area contributed by atoms with Crippen LogP contribution in [0.4, 0.5) is 5.69 Å². The predicted octanol–water partition coefficient (Wildman–Crippen LogP) is 1.63. The van der Waals surface area contributed by atoms with Crippen molar-refractivity contribution in [3.63, 3.8) is 0 Å². The first-order chi connectivity index (χ1) is 9.79. The standard InChI is InChI=1S/C16H25N3O2/c1-11(2)9-14(17)16(21)18-13-7-5-12(6-8-13)10-15(20)19(3)4/h5-8,11,14H,9-10,17H2,1-4H3,(H,18,21)/t14-/m1/s1. The molecule has 0 unspecified atom stereocenters. The molecule has 0 heterocycles. The lowest BCUT2D eigenvalue weighted by molar-refractivity contribution is -0.128. The van der Waals surface area contributed by atoms with Gasteiger partial charge in [-0.15, -0.1) is 0 Å². The van der Waals surface area contributed by atoms with Gasteiger partial charge in [0.15, 0.2) is 0 Å². The summed E-state index contributed by atoms with van der Waals surface area (Å²) in [6.07, 6.45) is 1.01. The lowest BCUT2D eigenvalue weighted by atomic mass is 10.0. The molecular formula is C16H25N3O2. The third-order valence-corrected chi connectivity index (χ3v) is 3.14. The average Bonchev–Trinajstić information content (AvgIpc) is 2.39. The van der Waals surface area contributed by atoms with E-state index < -0.39 is 6.04 Å². The Hall–Kier alpha value is -1.88. The van der Waals surface area contributed by atoms with Crippen LogP contribution in [0.5, 0.6) is 0 Å². The molecule has 2 amide bonds. The first-order valence-corrected chi connectivity index (χ1v) is 7.15. The zero-order chi connectivity index (χ0) is 16.0. The Morgan fingerprint density at radius 2 is 1.76 bits per heavy atom. The number of nitrogens with zero attached hydrogens (tertiary/aromatic N) is 1. The summed E-state index contributed by atoms with van der Waals surface area (Å²) in [7, 11) is 3.46. The molecule has 0 radical (unpaired) electrons. The molecular weight excluding hydrogens is 266 g/mol. The topological polar surface area (TPSA) is 75.4 Å². The molecule has 1 aromatic rings. The van der Waals surface area contributed by atoms with Crippen LogP contribution in [0, 0.1) is 5.92 Å². The summed E-state index contributed by atoms with van der Waals surface area (Å²) in [5, 5.41) is 2.79. The fourth-order valence-corrected chi connectivity index (χ4v) is 1.89. The van der Waals surface area contributed by atoms with E-state index in [1.165, 1.54) is 0 Å². The van der Waals surface area contributed by atoms with Gasteiger partial charge in [0.05, 0.1) is 12.5 Å². The molecule has 0 aliphatic heterocycles. The van der Waals surface area contributed by atoms with Crippen molar-refractivity contribution < 1.29 is 9.59 Å². The van der Waals surface area contributed by atoms with Gasteiger partial charge in [0.25, 0.3) is 0 Å². The summed E-state index contributed by atoms with van der Waals surface area (Å²) >= 11 is 0. The molecule has 116 valence electrons. The molecule has 0 aromatic heterocycles. The van der Waals surface area contributed by atoms with E-state index in [2.05, 4.69) is 5.32 Å². The first-order valence-electron chi connectivity index (χ1n) is 7.15. The Morgan fingerprint density at radius 1 is 1.19 bits per heavy atom. The number of benzene rings is 1. The molecule has 0 aliphatic rings. The summed E-state index contributed by atoms with van der Waals surface area (Å²) in [6, 6.07) is 6.76. The van der Waals surface area contributed by atoms with Gasteiger partial charge >= 0.3 is 0 Å². The molecule has 5 nitrogen and oxygen atoms in total. The smallest absolute Gasteiger partial charge is 0.241 e. The lowest BCUT2D eigenvalue weighted by Crippen LogP contribution is -2.36. The first kappa shape index (κ1) is 17.2. The van der Waals surface area contributed by atoms with Crippen molar-refractivity contribution in [2.45, 2.75) is 32.7 Å². The van der Waals surface area contributed by atoms with E-state index in [0.717, 1.165) is 5.56 Å². The largest absolute Gasteiger partial charge is 0.349 e. The molecule has 5 heteroatoms. The van der Waals surface area contributed by atoms with Gasteiger partial charge in [0, 0.05) is 19.8 Å². The molecule has 3 N–H and O–H groups in total. The average molecular weight is 291 g/mol. The summed E-state index contributed by atoms with van der Waals surface area (Å²) in [5.74, 6) is 0.247. The van der Waals surface area contributed by atoms with E-state index in [-0.39, 0.29) is 11.8 Å². The van der Waals surface area contributed by atoms with Gasteiger partial charge in [-0.3, -0.25) is 9.59 Å². The van der Waals surface area contributed by atoms with Crippen LogP contribution >= 0.6 is 0 Å². The second-order valence-corrected chi connectivity index (χ2v) is 5.89. The molecule has 1 atom stereocenters. The maximum absolute atomic E-state index is 11.9. The summed E-state index contributed by atoms with van der Waals surface area (Å²) in [6.45, 7) is 4.06. The molecule has 0 bridgehead atoms. The van der Waals surface area contributed by atoms with Crippen molar-refractivity contribution in [2.24, 2.45) is 11.7 Å². The third-order valence-electron chi connectivity index (χ3n) is 3.14. The van der Waals surface area contributed by atoms with Crippen molar-refractivity contribution in [3.8, 4) is 0 Å². The minimum absolute atomic E-state index is 0.0470.